The molecule has 0 fully saturated rings. The molecule has 0 aromatic heterocycles. The van der Waals surface area contributed by atoms with E-state index >= 15 is 0 Å². The zero-order chi connectivity index (χ0) is 29.4. The Labute approximate surface area is 253 Å². The number of benzene rings is 4. The fourth-order valence-electron chi connectivity index (χ4n) is 3.72. The van der Waals surface area contributed by atoms with E-state index in [9.17, 15) is 14.4 Å². The standard InChI is InChI=1S/C32H27Cl2N3O3S/c1-20-14-16-23(17-15-20)35-30(38)21(2)41-25-11-6-10-24(18-25)36-32(40)29(19-26-27(33)12-7-13-28(26)34)37-31(39)22-8-4-3-5-9-22/h3-19,21H,1-2H3,(H,35,38)(H,36,40)(H,37,39)/b29-19+. The number of aryl methyl sites for hydroxylation is 1. The predicted molar refractivity (Wildman–Crippen MR) is 169 cm³/mol. The van der Waals surface area contributed by atoms with Gasteiger partial charge in [-0.25, -0.2) is 0 Å². The van der Waals surface area contributed by atoms with Crippen LogP contribution in [0.3, 0.4) is 0 Å². The van der Waals surface area contributed by atoms with Crippen LogP contribution in [0, 0.1) is 6.92 Å². The second-order valence-electron chi connectivity index (χ2n) is 9.11. The lowest BCUT2D eigenvalue weighted by molar-refractivity contribution is -0.115. The fraction of sp³-hybridized carbons (Fsp3) is 0.0938. The van der Waals surface area contributed by atoms with E-state index in [1.54, 1.807) is 66.7 Å². The largest absolute Gasteiger partial charge is 0.325 e. The summed E-state index contributed by atoms with van der Waals surface area (Å²) in [6, 6.07) is 28.2. The molecule has 1 atom stereocenters. The zero-order valence-electron chi connectivity index (χ0n) is 22.3. The van der Waals surface area contributed by atoms with Gasteiger partial charge in [-0.2, -0.15) is 0 Å². The van der Waals surface area contributed by atoms with Crippen LogP contribution in [0.2, 0.25) is 10.0 Å². The van der Waals surface area contributed by atoms with Crippen molar-refractivity contribution in [3.8, 4) is 0 Å². The van der Waals surface area contributed by atoms with E-state index in [-0.39, 0.29) is 11.6 Å². The SMILES string of the molecule is Cc1ccc(NC(=O)C(C)Sc2cccc(NC(=O)/C(=C\c3c(Cl)cccc3Cl)NC(=O)c3ccccc3)c2)cc1. The summed E-state index contributed by atoms with van der Waals surface area (Å²) >= 11 is 14.0. The van der Waals surface area contributed by atoms with Crippen molar-refractivity contribution in [3.05, 3.63) is 129 Å². The van der Waals surface area contributed by atoms with Gasteiger partial charge in [0.25, 0.3) is 11.8 Å². The monoisotopic (exact) mass is 603 g/mol. The minimum Gasteiger partial charge on any atom is -0.325 e. The van der Waals surface area contributed by atoms with Gasteiger partial charge in [-0.05, 0) is 74.5 Å². The van der Waals surface area contributed by atoms with Crippen LogP contribution in [0.15, 0.2) is 108 Å². The van der Waals surface area contributed by atoms with Crippen molar-refractivity contribution in [2.45, 2.75) is 24.0 Å². The third kappa shape index (κ3) is 8.47. The highest BCUT2D eigenvalue weighted by molar-refractivity contribution is 8.00. The van der Waals surface area contributed by atoms with Crippen molar-refractivity contribution < 1.29 is 14.4 Å². The van der Waals surface area contributed by atoms with Gasteiger partial charge >= 0.3 is 0 Å². The van der Waals surface area contributed by atoms with Gasteiger partial charge < -0.3 is 16.0 Å². The smallest absolute Gasteiger partial charge is 0.272 e. The molecule has 41 heavy (non-hydrogen) atoms. The summed E-state index contributed by atoms with van der Waals surface area (Å²) in [7, 11) is 0. The first kappa shape index (κ1) is 29.9. The lowest BCUT2D eigenvalue weighted by Gasteiger charge is -2.14. The average Bonchev–Trinajstić information content (AvgIpc) is 2.96. The molecule has 0 aliphatic carbocycles. The predicted octanol–water partition coefficient (Wildman–Crippen LogP) is 7.83. The van der Waals surface area contributed by atoms with E-state index in [2.05, 4.69) is 16.0 Å². The number of nitrogens with one attached hydrogen (secondary N) is 3. The molecule has 6 nitrogen and oxygen atoms in total. The second-order valence-corrected chi connectivity index (χ2v) is 11.3. The van der Waals surface area contributed by atoms with E-state index in [1.807, 2.05) is 44.2 Å². The van der Waals surface area contributed by atoms with Gasteiger partial charge in [-0.3, -0.25) is 14.4 Å². The van der Waals surface area contributed by atoms with Crippen LogP contribution in [-0.4, -0.2) is 23.0 Å². The van der Waals surface area contributed by atoms with Crippen molar-refractivity contribution >= 4 is 70.1 Å². The van der Waals surface area contributed by atoms with Gasteiger partial charge in [0.1, 0.15) is 5.70 Å². The number of carbonyl (C=O) groups is 3. The number of hydrogen-bond acceptors (Lipinski definition) is 4. The molecule has 3 N–H and O–H groups in total. The highest BCUT2D eigenvalue weighted by Crippen LogP contribution is 2.28. The molecule has 0 aliphatic heterocycles. The first-order valence-electron chi connectivity index (χ1n) is 12.7. The number of anilines is 2. The van der Waals surface area contributed by atoms with Crippen LogP contribution in [0.4, 0.5) is 11.4 Å². The summed E-state index contributed by atoms with van der Waals surface area (Å²) in [6.45, 7) is 3.80. The highest BCUT2D eigenvalue weighted by atomic mass is 35.5. The molecular formula is C32H27Cl2N3O3S. The maximum absolute atomic E-state index is 13.4. The van der Waals surface area contributed by atoms with Gasteiger partial charge in [0, 0.05) is 37.4 Å². The minimum absolute atomic E-state index is 0.0437. The van der Waals surface area contributed by atoms with Gasteiger partial charge in [-0.1, -0.05) is 71.2 Å². The molecule has 3 amide bonds. The minimum atomic E-state index is -0.572. The van der Waals surface area contributed by atoms with Crippen LogP contribution >= 0.6 is 35.0 Å². The van der Waals surface area contributed by atoms with E-state index in [0.29, 0.717) is 26.9 Å². The Bertz CT molecular complexity index is 1570. The average molecular weight is 605 g/mol. The number of halogens is 2. The summed E-state index contributed by atoms with van der Waals surface area (Å²) in [6.07, 6.45) is 1.44. The van der Waals surface area contributed by atoms with Crippen LogP contribution in [0.5, 0.6) is 0 Å². The zero-order valence-corrected chi connectivity index (χ0v) is 24.6. The Kier molecular flexibility index (Phi) is 10.2. The van der Waals surface area contributed by atoms with Gasteiger partial charge in [-0.15, -0.1) is 11.8 Å². The Hall–Kier alpha value is -4.04. The molecule has 0 bridgehead atoms. The van der Waals surface area contributed by atoms with Crippen LogP contribution in [0.1, 0.15) is 28.4 Å². The van der Waals surface area contributed by atoms with Crippen LogP contribution < -0.4 is 16.0 Å². The second kappa shape index (κ2) is 14.0. The van der Waals surface area contributed by atoms with Crippen molar-refractivity contribution in [1.82, 2.24) is 5.32 Å². The number of thioether (sulfide) groups is 1. The van der Waals surface area contributed by atoms with Gasteiger partial charge in [0.15, 0.2) is 0 Å². The first-order chi connectivity index (χ1) is 19.7. The highest BCUT2D eigenvalue weighted by Gasteiger charge is 2.18. The first-order valence-corrected chi connectivity index (χ1v) is 14.3. The topological polar surface area (TPSA) is 87.3 Å². The molecule has 0 heterocycles. The fourth-order valence-corrected chi connectivity index (χ4v) is 5.15. The van der Waals surface area contributed by atoms with E-state index < -0.39 is 17.1 Å². The molecule has 0 saturated carbocycles. The Morgan fingerprint density at radius 1 is 0.780 bits per heavy atom. The van der Waals surface area contributed by atoms with Gasteiger partial charge in [0.05, 0.1) is 5.25 Å². The van der Waals surface area contributed by atoms with E-state index in [1.165, 1.54) is 17.8 Å². The van der Waals surface area contributed by atoms with Crippen molar-refractivity contribution in [1.29, 1.82) is 0 Å². The lowest BCUT2D eigenvalue weighted by atomic mass is 10.1. The maximum Gasteiger partial charge on any atom is 0.272 e. The van der Waals surface area contributed by atoms with Crippen molar-refractivity contribution in [2.24, 2.45) is 0 Å². The summed E-state index contributed by atoms with van der Waals surface area (Å²) < 4.78 is 0. The molecule has 0 saturated heterocycles. The molecule has 0 radical (unpaired) electrons. The summed E-state index contributed by atoms with van der Waals surface area (Å²) in [5.41, 5.74) is 3.05. The number of rotatable bonds is 9. The molecule has 1 unspecified atom stereocenters. The summed E-state index contributed by atoms with van der Waals surface area (Å²) in [5.74, 6) is -1.18. The maximum atomic E-state index is 13.4. The lowest BCUT2D eigenvalue weighted by Crippen LogP contribution is -2.30. The van der Waals surface area contributed by atoms with E-state index in [0.717, 1.165) is 16.1 Å². The number of carbonyl (C=O) groups excluding carboxylic acids is 3. The number of amides is 3. The van der Waals surface area contributed by atoms with Gasteiger partial charge in [0.2, 0.25) is 5.91 Å². The number of hydrogen-bond donors (Lipinski definition) is 3. The molecular weight excluding hydrogens is 577 g/mol. The van der Waals surface area contributed by atoms with Crippen molar-refractivity contribution in [3.63, 3.8) is 0 Å². The third-order valence-corrected chi connectivity index (χ3v) is 7.66. The quantitative estimate of drug-likeness (QED) is 0.134. The van der Waals surface area contributed by atoms with Crippen LogP contribution in [0.25, 0.3) is 6.08 Å². The molecule has 4 aromatic carbocycles. The normalized spacial score (nSPS) is 11.9. The molecule has 0 aliphatic rings. The Morgan fingerprint density at radius 3 is 2.12 bits per heavy atom. The summed E-state index contributed by atoms with van der Waals surface area (Å²) in [4.78, 5) is 39.9. The van der Waals surface area contributed by atoms with Crippen molar-refractivity contribution in [2.75, 3.05) is 10.6 Å². The Morgan fingerprint density at radius 2 is 1.44 bits per heavy atom. The Balaban J connectivity index is 1.51. The molecule has 4 aromatic rings. The third-order valence-electron chi connectivity index (χ3n) is 5.91. The molecule has 0 spiro atoms. The van der Waals surface area contributed by atoms with Crippen LogP contribution in [-0.2, 0) is 9.59 Å². The molecule has 208 valence electrons. The summed E-state index contributed by atoms with van der Waals surface area (Å²) in [5, 5.41) is 8.68. The van der Waals surface area contributed by atoms with E-state index in [4.69, 9.17) is 23.2 Å². The molecule has 4 rings (SSSR count). The molecule has 9 heteroatoms.